The number of hydrogen-bond acceptors (Lipinski definition) is 6. The third kappa shape index (κ3) is 4.13. The van der Waals surface area contributed by atoms with Crippen LogP contribution >= 0.6 is 0 Å². The van der Waals surface area contributed by atoms with Crippen molar-refractivity contribution < 1.29 is 23.7 Å². The molecule has 28 heavy (non-hydrogen) atoms. The van der Waals surface area contributed by atoms with Gasteiger partial charge in [0.25, 0.3) is 0 Å². The van der Waals surface area contributed by atoms with Gasteiger partial charge in [-0.25, -0.2) is 4.79 Å². The fourth-order valence-corrected chi connectivity index (χ4v) is 3.25. The second-order valence-corrected chi connectivity index (χ2v) is 6.65. The molecule has 6 nitrogen and oxygen atoms in total. The first-order chi connectivity index (χ1) is 13.6. The number of methoxy groups -OCH3 is 1. The van der Waals surface area contributed by atoms with Crippen molar-refractivity contribution in [1.29, 1.82) is 0 Å². The Hall–Kier alpha value is -2.57. The van der Waals surface area contributed by atoms with Gasteiger partial charge in [-0.3, -0.25) is 0 Å². The van der Waals surface area contributed by atoms with Crippen molar-refractivity contribution >= 4 is 21.7 Å². The molecule has 1 unspecified atom stereocenters. The highest BCUT2D eigenvalue weighted by Crippen LogP contribution is 2.35. The van der Waals surface area contributed by atoms with Gasteiger partial charge in [0.05, 0.1) is 19.1 Å². The molecule has 0 spiro atoms. The van der Waals surface area contributed by atoms with E-state index in [1.54, 1.807) is 13.2 Å². The van der Waals surface area contributed by atoms with Crippen LogP contribution in [0.5, 0.6) is 11.5 Å². The Kier molecular flexibility index (Phi) is 6.54. The number of ether oxygens (including phenoxy) is 3. The highest BCUT2D eigenvalue weighted by atomic mass is 16.5. The van der Waals surface area contributed by atoms with Crippen LogP contribution in [0.2, 0.25) is 0 Å². The Bertz CT molecular complexity index is 1010. The maximum atomic E-state index is 12.6. The Morgan fingerprint density at radius 2 is 1.89 bits per heavy atom. The molecule has 0 bridgehead atoms. The second-order valence-electron chi connectivity index (χ2n) is 6.65. The zero-order valence-electron chi connectivity index (χ0n) is 16.5. The summed E-state index contributed by atoms with van der Waals surface area (Å²) in [7, 11) is 1.58. The van der Waals surface area contributed by atoms with Crippen molar-refractivity contribution in [3.8, 4) is 11.5 Å². The standard InChI is InChI=1S/C22H26O6/c1-4-26-9-10-27-21-13-19-17(12-20(21)25-3)16-6-5-15(14(2)7-8-23)11-18(16)22(24)28-19/h5-6,11-14,23H,4,7-10H2,1-3H3. The van der Waals surface area contributed by atoms with Crippen molar-refractivity contribution in [2.75, 3.05) is 33.5 Å². The van der Waals surface area contributed by atoms with Crippen LogP contribution in [0.15, 0.2) is 39.5 Å². The van der Waals surface area contributed by atoms with Gasteiger partial charge in [-0.05, 0) is 37.0 Å². The van der Waals surface area contributed by atoms with E-state index in [1.807, 2.05) is 38.1 Å². The summed E-state index contributed by atoms with van der Waals surface area (Å²) < 4.78 is 22.1. The topological polar surface area (TPSA) is 78.1 Å². The van der Waals surface area contributed by atoms with E-state index >= 15 is 0 Å². The molecule has 1 N–H and O–H groups in total. The molecule has 1 aromatic heterocycles. The third-order valence-corrected chi connectivity index (χ3v) is 4.84. The predicted octanol–water partition coefficient (Wildman–Crippen LogP) is 3.86. The van der Waals surface area contributed by atoms with Crippen molar-refractivity contribution in [3.05, 3.63) is 46.3 Å². The molecule has 0 radical (unpaired) electrons. The zero-order chi connectivity index (χ0) is 20.1. The molecule has 3 rings (SSSR count). The SMILES string of the molecule is CCOCCOc1cc2oc(=O)c3cc(C(C)CCO)ccc3c2cc1OC. The van der Waals surface area contributed by atoms with Crippen LogP contribution in [-0.2, 0) is 4.74 Å². The lowest BCUT2D eigenvalue weighted by atomic mass is 9.95. The summed E-state index contributed by atoms with van der Waals surface area (Å²) in [4.78, 5) is 12.6. The Labute approximate surface area is 163 Å². The van der Waals surface area contributed by atoms with Gasteiger partial charge in [-0.1, -0.05) is 19.1 Å². The minimum absolute atomic E-state index is 0.106. The minimum atomic E-state index is -0.397. The highest BCUT2D eigenvalue weighted by Gasteiger charge is 2.15. The van der Waals surface area contributed by atoms with Crippen LogP contribution in [-0.4, -0.2) is 38.6 Å². The average Bonchev–Trinajstić information content (AvgIpc) is 2.71. The smallest absolute Gasteiger partial charge is 0.344 e. The summed E-state index contributed by atoms with van der Waals surface area (Å²) in [5.74, 6) is 1.22. The van der Waals surface area contributed by atoms with E-state index in [4.69, 9.17) is 23.7 Å². The van der Waals surface area contributed by atoms with Crippen LogP contribution in [0, 0.1) is 0 Å². The molecule has 2 aromatic carbocycles. The van der Waals surface area contributed by atoms with Crippen LogP contribution in [0.1, 0.15) is 31.7 Å². The molecule has 3 aromatic rings. The number of aliphatic hydroxyl groups is 1. The number of benzene rings is 2. The monoisotopic (exact) mass is 386 g/mol. The second kappa shape index (κ2) is 9.08. The fraction of sp³-hybridized carbons (Fsp3) is 0.409. The first-order valence-electron chi connectivity index (χ1n) is 9.49. The molecule has 0 aliphatic carbocycles. The van der Waals surface area contributed by atoms with Gasteiger partial charge in [0.1, 0.15) is 12.2 Å². The van der Waals surface area contributed by atoms with E-state index in [1.165, 1.54) is 0 Å². The van der Waals surface area contributed by atoms with E-state index in [9.17, 15) is 4.79 Å². The van der Waals surface area contributed by atoms with Gasteiger partial charge < -0.3 is 23.7 Å². The fourth-order valence-electron chi connectivity index (χ4n) is 3.25. The highest BCUT2D eigenvalue weighted by molar-refractivity contribution is 6.05. The first kappa shape index (κ1) is 20.2. The lowest BCUT2D eigenvalue weighted by Crippen LogP contribution is -2.07. The zero-order valence-corrected chi connectivity index (χ0v) is 16.5. The summed E-state index contributed by atoms with van der Waals surface area (Å²) in [5.41, 5.74) is 1.04. The molecule has 1 heterocycles. The Balaban J connectivity index is 2.07. The summed E-state index contributed by atoms with van der Waals surface area (Å²) in [6.07, 6.45) is 0.640. The van der Waals surface area contributed by atoms with Crippen molar-refractivity contribution in [2.45, 2.75) is 26.2 Å². The van der Waals surface area contributed by atoms with E-state index in [0.717, 1.165) is 16.3 Å². The van der Waals surface area contributed by atoms with E-state index in [-0.39, 0.29) is 12.5 Å². The first-order valence-corrected chi connectivity index (χ1v) is 9.49. The summed E-state index contributed by atoms with van der Waals surface area (Å²) >= 11 is 0. The number of aliphatic hydroxyl groups excluding tert-OH is 1. The molecule has 0 amide bonds. The average molecular weight is 386 g/mol. The van der Waals surface area contributed by atoms with Crippen LogP contribution < -0.4 is 15.1 Å². The van der Waals surface area contributed by atoms with Gasteiger partial charge in [0.15, 0.2) is 11.5 Å². The maximum Gasteiger partial charge on any atom is 0.344 e. The van der Waals surface area contributed by atoms with Gasteiger partial charge >= 0.3 is 5.63 Å². The molecular weight excluding hydrogens is 360 g/mol. The van der Waals surface area contributed by atoms with Gasteiger partial charge in [0, 0.05) is 30.1 Å². The van der Waals surface area contributed by atoms with Crippen molar-refractivity contribution in [1.82, 2.24) is 0 Å². The third-order valence-electron chi connectivity index (χ3n) is 4.84. The largest absolute Gasteiger partial charge is 0.493 e. The van der Waals surface area contributed by atoms with Crippen molar-refractivity contribution in [3.63, 3.8) is 0 Å². The van der Waals surface area contributed by atoms with E-state index < -0.39 is 5.63 Å². The molecule has 0 saturated carbocycles. The summed E-state index contributed by atoms with van der Waals surface area (Å²) in [5, 5.41) is 11.3. The minimum Gasteiger partial charge on any atom is -0.493 e. The summed E-state index contributed by atoms with van der Waals surface area (Å²) in [6.45, 7) is 5.52. The lowest BCUT2D eigenvalue weighted by Gasteiger charge is -2.14. The van der Waals surface area contributed by atoms with E-state index in [0.29, 0.717) is 48.7 Å². The number of hydrogen-bond donors (Lipinski definition) is 1. The summed E-state index contributed by atoms with van der Waals surface area (Å²) in [6, 6.07) is 9.27. The van der Waals surface area contributed by atoms with Crippen LogP contribution in [0.4, 0.5) is 0 Å². The van der Waals surface area contributed by atoms with Gasteiger partial charge in [-0.15, -0.1) is 0 Å². The van der Waals surface area contributed by atoms with E-state index in [2.05, 4.69) is 0 Å². The Morgan fingerprint density at radius 3 is 2.61 bits per heavy atom. The molecule has 0 aliphatic rings. The van der Waals surface area contributed by atoms with Crippen LogP contribution in [0.25, 0.3) is 21.7 Å². The number of fused-ring (bicyclic) bond motifs is 3. The van der Waals surface area contributed by atoms with Gasteiger partial charge in [0.2, 0.25) is 0 Å². The lowest BCUT2D eigenvalue weighted by molar-refractivity contribution is 0.109. The molecule has 0 saturated heterocycles. The normalized spacial score (nSPS) is 12.4. The Morgan fingerprint density at radius 1 is 1.07 bits per heavy atom. The van der Waals surface area contributed by atoms with Gasteiger partial charge in [-0.2, -0.15) is 0 Å². The van der Waals surface area contributed by atoms with Crippen molar-refractivity contribution in [2.24, 2.45) is 0 Å². The predicted molar refractivity (Wildman–Crippen MR) is 109 cm³/mol. The molecule has 150 valence electrons. The molecule has 1 atom stereocenters. The number of rotatable bonds is 9. The maximum absolute atomic E-state index is 12.6. The van der Waals surface area contributed by atoms with Crippen LogP contribution in [0.3, 0.4) is 0 Å². The molecule has 0 fully saturated rings. The molecular formula is C22H26O6. The molecule has 0 aliphatic heterocycles. The molecule has 6 heteroatoms. The quantitative estimate of drug-likeness (QED) is 0.342.